The van der Waals surface area contributed by atoms with Crippen molar-refractivity contribution in [3.8, 4) is 0 Å². The van der Waals surface area contributed by atoms with Crippen LogP contribution >= 0.6 is 11.8 Å². The van der Waals surface area contributed by atoms with E-state index in [0.29, 0.717) is 34.5 Å². The number of hydrogen-bond acceptors (Lipinski definition) is 5. The molecular formula is C28H26N2O4S. The number of rotatable bonds is 8. The van der Waals surface area contributed by atoms with E-state index in [1.807, 2.05) is 31.2 Å². The molecule has 0 saturated carbocycles. The molecule has 0 fully saturated rings. The summed E-state index contributed by atoms with van der Waals surface area (Å²) in [6.45, 7) is 3.80. The quantitative estimate of drug-likeness (QED) is 0.311. The number of thioether (sulfide) groups is 1. The van der Waals surface area contributed by atoms with E-state index in [0.717, 1.165) is 17.7 Å². The van der Waals surface area contributed by atoms with Gasteiger partial charge in [0.2, 0.25) is 11.8 Å². The van der Waals surface area contributed by atoms with Gasteiger partial charge in [0.25, 0.3) is 0 Å². The van der Waals surface area contributed by atoms with Gasteiger partial charge in [-0.05, 0) is 37.6 Å². The fraction of sp³-hybridized carbons (Fsp3) is 0.214. The van der Waals surface area contributed by atoms with Crippen LogP contribution in [-0.4, -0.2) is 28.6 Å². The van der Waals surface area contributed by atoms with Crippen LogP contribution in [0.2, 0.25) is 0 Å². The van der Waals surface area contributed by atoms with Gasteiger partial charge in [-0.15, -0.1) is 11.8 Å². The van der Waals surface area contributed by atoms with Crippen molar-refractivity contribution < 1.29 is 19.2 Å². The van der Waals surface area contributed by atoms with Crippen LogP contribution in [0.4, 0.5) is 11.4 Å². The number of hydrogen-bond donors (Lipinski definition) is 2. The van der Waals surface area contributed by atoms with E-state index in [-0.39, 0.29) is 28.9 Å². The summed E-state index contributed by atoms with van der Waals surface area (Å²) in [6, 6.07) is 19.0. The summed E-state index contributed by atoms with van der Waals surface area (Å²) in [5.74, 6) is -0.834. The number of anilines is 2. The average Bonchev–Trinajstić information content (AvgIpc) is 2.86. The van der Waals surface area contributed by atoms with Gasteiger partial charge in [0, 0.05) is 33.7 Å². The van der Waals surface area contributed by atoms with Crippen LogP contribution in [-0.2, 0) is 9.59 Å². The van der Waals surface area contributed by atoms with Crippen LogP contribution in [0.15, 0.2) is 71.6 Å². The second kappa shape index (κ2) is 10.7. The molecule has 1 unspecified atom stereocenters. The van der Waals surface area contributed by atoms with Crippen molar-refractivity contribution in [3.63, 3.8) is 0 Å². The maximum absolute atomic E-state index is 13.2. The standard InChI is InChI=1S/C28H26N2O4S/c1-3-4-15-24(31)29-18-9-7-10-19(16-18)35-17(2)28(34)30-23-14-8-13-22-25(23)27(33)21-12-6-5-11-20(21)26(22)32/h5-14,16-17H,3-4,15H2,1-2H3,(H,29,31)(H,30,34). The Labute approximate surface area is 208 Å². The largest absolute Gasteiger partial charge is 0.326 e. The third kappa shape index (κ3) is 5.35. The van der Waals surface area contributed by atoms with E-state index in [1.165, 1.54) is 11.8 Å². The Morgan fingerprint density at radius 1 is 0.857 bits per heavy atom. The Kier molecular flexibility index (Phi) is 7.46. The summed E-state index contributed by atoms with van der Waals surface area (Å²) >= 11 is 1.34. The molecule has 3 aromatic rings. The Hall–Kier alpha value is -3.71. The van der Waals surface area contributed by atoms with E-state index in [2.05, 4.69) is 10.6 Å². The topological polar surface area (TPSA) is 92.3 Å². The molecular weight excluding hydrogens is 460 g/mol. The highest BCUT2D eigenvalue weighted by atomic mass is 32.2. The SMILES string of the molecule is CCCCC(=O)Nc1cccc(SC(C)C(=O)Nc2cccc3c2C(=O)c2ccccc2C3=O)c1. The molecule has 4 rings (SSSR count). The van der Waals surface area contributed by atoms with Crippen LogP contribution in [0.5, 0.6) is 0 Å². The van der Waals surface area contributed by atoms with Crippen LogP contribution in [0.3, 0.4) is 0 Å². The molecule has 2 amide bonds. The molecule has 6 nitrogen and oxygen atoms in total. The summed E-state index contributed by atoms with van der Waals surface area (Å²) in [7, 11) is 0. The van der Waals surface area contributed by atoms with Gasteiger partial charge in [-0.2, -0.15) is 0 Å². The number of unbranched alkanes of at least 4 members (excludes halogenated alkanes) is 1. The van der Waals surface area contributed by atoms with Crippen molar-refractivity contribution >= 4 is 46.5 Å². The Morgan fingerprint density at radius 3 is 2.29 bits per heavy atom. The zero-order valence-corrected chi connectivity index (χ0v) is 20.4. The van der Waals surface area contributed by atoms with Gasteiger partial charge in [0.1, 0.15) is 0 Å². The minimum absolute atomic E-state index is 0.0329. The van der Waals surface area contributed by atoms with Crippen molar-refractivity contribution in [1.82, 2.24) is 0 Å². The van der Waals surface area contributed by atoms with Crippen molar-refractivity contribution in [2.24, 2.45) is 0 Å². The summed E-state index contributed by atoms with van der Waals surface area (Å²) < 4.78 is 0. The predicted molar refractivity (Wildman–Crippen MR) is 138 cm³/mol. The van der Waals surface area contributed by atoms with Gasteiger partial charge in [-0.1, -0.05) is 55.8 Å². The number of nitrogens with one attached hydrogen (secondary N) is 2. The van der Waals surface area contributed by atoms with Crippen molar-refractivity contribution in [2.45, 2.75) is 43.3 Å². The maximum Gasteiger partial charge on any atom is 0.237 e. The van der Waals surface area contributed by atoms with Gasteiger partial charge in [-0.3, -0.25) is 19.2 Å². The fourth-order valence-corrected chi connectivity index (χ4v) is 4.88. The van der Waals surface area contributed by atoms with Gasteiger partial charge >= 0.3 is 0 Å². The molecule has 0 saturated heterocycles. The first kappa shape index (κ1) is 24.4. The van der Waals surface area contributed by atoms with Gasteiger partial charge in [-0.25, -0.2) is 0 Å². The Bertz CT molecular complexity index is 1320. The zero-order valence-electron chi connectivity index (χ0n) is 19.6. The first-order valence-electron chi connectivity index (χ1n) is 11.6. The Morgan fingerprint density at radius 2 is 1.54 bits per heavy atom. The molecule has 0 heterocycles. The number of benzene rings is 3. The molecule has 1 atom stereocenters. The lowest BCUT2D eigenvalue weighted by molar-refractivity contribution is -0.116. The molecule has 35 heavy (non-hydrogen) atoms. The van der Waals surface area contributed by atoms with E-state index >= 15 is 0 Å². The average molecular weight is 487 g/mol. The molecule has 0 bridgehead atoms. The van der Waals surface area contributed by atoms with E-state index < -0.39 is 5.25 Å². The van der Waals surface area contributed by atoms with E-state index in [9.17, 15) is 19.2 Å². The van der Waals surface area contributed by atoms with Crippen LogP contribution in [0.1, 0.15) is 65.0 Å². The van der Waals surface area contributed by atoms with Crippen LogP contribution < -0.4 is 10.6 Å². The molecule has 0 aliphatic heterocycles. The lowest BCUT2D eigenvalue weighted by atomic mass is 9.83. The van der Waals surface area contributed by atoms with Crippen LogP contribution in [0.25, 0.3) is 0 Å². The summed E-state index contributed by atoms with van der Waals surface area (Å²) in [6.07, 6.45) is 2.26. The molecule has 178 valence electrons. The summed E-state index contributed by atoms with van der Waals surface area (Å²) in [5, 5.41) is 5.24. The third-order valence-electron chi connectivity index (χ3n) is 5.77. The highest BCUT2D eigenvalue weighted by Gasteiger charge is 2.32. The first-order chi connectivity index (χ1) is 16.9. The van der Waals surface area contributed by atoms with Crippen molar-refractivity contribution in [2.75, 3.05) is 10.6 Å². The highest BCUT2D eigenvalue weighted by molar-refractivity contribution is 8.00. The van der Waals surface area contributed by atoms with Crippen molar-refractivity contribution in [1.29, 1.82) is 0 Å². The van der Waals surface area contributed by atoms with Gasteiger partial charge in [0.05, 0.1) is 16.5 Å². The third-order valence-corrected chi connectivity index (χ3v) is 6.86. The number of carbonyl (C=O) groups excluding carboxylic acids is 4. The number of fused-ring (bicyclic) bond motifs is 2. The molecule has 1 aliphatic carbocycles. The van der Waals surface area contributed by atoms with E-state index in [1.54, 1.807) is 49.4 Å². The fourth-order valence-electron chi connectivity index (χ4n) is 3.95. The van der Waals surface area contributed by atoms with Gasteiger partial charge < -0.3 is 10.6 Å². The predicted octanol–water partition coefficient (Wildman–Crippen LogP) is 5.71. The number of amides is 2. The molecule has 7 heteroatoms. The van der Waals surface area contributed by atoms with Crippen LogP contribution in [0, 0.1) is 0 Å². The molecule has 2 N–H and O–H groups in total. The molecule has 1 aliphatic rings. The zero-order chi connectivity index (χ0) is 24.9. The minimum Gasteiger partial charge on any atom is -0.326 e. The second-order valence-electron chi connectivity index (χ2n) is 8.36. The molecule has 3 aromatic carbocycles. The second-order valence-corrected chi connectivity index (χ2v) is 9.78. The molecule has 0 spiro atoms. The Balaban J connectivity index is 1.48. The van der Waals surface area contributed by atoms with Gasteiger partial charge in [0.15, 0.2) is 11.6 Å². The van der Waals surface area contributed by atoms with E-state index in [4.69, 9.17) is 0 Å². The molecule has 0 radical (unpaired) electrons. The smallest absolute Gasteiger partial charge is 0.237 e. The minimum atomic E-state index is -0.487. The maximum atomic E-state index is 13.2. The lowest BCUT2D eigenvalue weighted by Gasteiger charge is -2.21. The van der Waals surface area contributed by atoms with Crippen molar-refractivity contribution in [3.05, 3.63) is 89.0 Å². The molecule has 0 aromatic heterocycles. The first-order valence-corrected chi connectivity index (χ1v) is 12.5. The number of ketones is 2. The summed E-state index contributed by atoms with van der Waals surface area (Å²) in [5.41, 5.74) is 2.23. The number of carbonyl (C=O) groups is 4. The monoisotopic (exact) mass is 486 g/mol. The highest BCUT2D eigenvalue weighted by Crippen LogP contribution is 2.33. The lowest BCUT2D eigenvalue weighted by Crippen LogP contribution is -2.27. The normalized spacial score (nSPS) is 13.0. The summed E-state index contributed by atoms with van der Waals surface area (Å²) in [4.78, 5) is 52.0.